The number of methoxy groups -OCH3 is 1. The quantitative estimate of drug-likeness (QED) is 0.843. The standard InChI is InChI=1S/C14H16F2N2O/c1-9-8-12(17-6-3-7-19-2)10-4-5-11(15)13(16)14(10)18-9/h4-5,8H,3,6-7H2,1-2H3,(H,17,18). The summed E-state index contributed by atoms with van der Waals surface area (Å²) >= 11 is 0. The molecule has 0 aliphatic rings. The molecule has 3 nitrogen and oxygen atoms in total. The van der Waals surface area contributed by atoms with Gasteiger partial charge in [0.15, 0.2) is 11.6 Å². The molecule has 0 aliphatic carbocycles. The summed E-state index contributed by atoms with van der Waals surface area (Å²) in [4.78, 5) is 4.06. The van der Waals surface area contributed by atoms with Gasteiger partial charge in [0.25, 0.3) is 0 Å². The molecular formula is C14H16F2N2O. The Hall–Kier alpha value is -1.75. The van der Waals surface area contributed by atoms with Crippen LogP contribution in [-0.2, 0) is 4.74 Å². The van der Waals surface area contributed by atoms with Crippen LogP contribution in [0.5, 0.6) is 0 Å². The van der Waals surface area contributed by atoms with E-state index in [0.29, 0.717) is 24.2 Å². The SMILES string of the molecule is COCCCNc1cc(C)nc2c(F)c(F)ccc12. The number of ether oxygens (including phenoxy) is 1. The van der Waals surface area contributed by atoms with Gasteiger partial charge < -0.3 is 10.1 Å². The maximum Gasteiger partial charge on any atom is 0.185 e. The highest BCUT2D eigenvalue weighted by atomic mass is 19.2. The summed E-state index contributed by atoms with van der Waals surface area (Å²) in [5, 5.41) is 3.79. The molecule has 102 valence electrons. The van der Waals surface area contributed by atoms with Crippen LogP contribution in [0.15, 0.2) is 18.2 Å². The van der Waals surface area contributed by atoms with Crippen LogP contribution in [0.3, 0.4) is 0 Å². The van der Waals surface area contributed by atoms with Crippen molar-refractivity contribution in [3.05, 3.63) is 35.5 Å². The summed E-state index contributed by atoms with van der Waals surface area (Å²) in [7, 11) is 1.64. The zero-order valence-corrected chi connectivity index (χ0v) is 11.0. The first-order valence-electron chi connectivity index (χ1n) is 6.11. The molecular weight excluding hydrogens is 250 g/mol. The van der Waals surface area contributed by atoms with E-state index < -0.39 is 11.6 Å². The van der Waals surface area contributed by atoms with Crippen LogP contribution in [-0.4, -0.2) is 25.2 Å². The molecule has 0 unspecified atom stereocenters. The number of pyridine rings is 1. The van der Waals surface area contributed by atoms with Gasteiger partial charge in [-0.2, -0.15) is 0 Å². The number of nitrogens with one attached hydrogen (secondary N) is 1. The van der Waals surface area contributed by atoms with Gasteiger partial charge in [-0.3, -0.25) is 0 Å². The minimum Gasteiger partial charge on any atom is -0.385 e. The van der Waals surface area contributed by atoms with Crippen LogP contribution in [0.25, 0.3) is 10.9 Å². The normalized spacial score (nSPS) is 10.9. The Morgan fingerprint density at radius 3 is 2.84 bits per heavy atom. The molecule has 0 bridgehead atoms. The maximum absolute atomic E-state index is 13.7. The van der Waals surface area contributed by atoms with Crippen molar-refractivity contribution >= 4 is 16.6 Å². The third kappa shape index (κ3) is 2.98. The van der Waals surface area contributed by atoms with Crippen molar-refractivity contribution in [3.8, 4) is 0 Å². The number of benzene rings is 1. The minimum absolute atomic E-state index is 0.0641. The molecule has 19 heavy (non-hydrogen) atoms. The summed E-state index contributed by atoms with van der Waals surface area (Å²) in [5.41, 5.74) is 1.47. The van der Waals surface area contributed by atoms with Crippen LogP contribution in [0.2, 0.25) is 0 Å². The zero-order valence-electron chi connectivity index (χ0n) is 11.0. The van der Waals surface area contributed by atoms with Crippen molar-refractivity contribution in [2.24, 2.45) is 0 Å². The molecule has 1 N–H and O–H groups in total. The Morgan fingerprint density at radius 2 is 2.11 bits per heavy atom. The number of aryl methyl sites for hydroxylation is 1. The van der Waals surface area contributed by atoms with E-state index in [0.717, 1.165) is 18.2 Å². The summed E-state index contributed by atoms with van der Waals surface area (Å²) in [5.74, 6) is -1.78. The highest BCUT2D eigenvalue weighted by Gasteiger charge is 2.12. The van der Waals surface area contributed by atoms with Crippen LogP contribution < -0.4 is 5.32 Å². The van der Waals surface area contributed by atoms with E-state index in [2.05, 4.69) is 10.3 Å². The second-order valence-electron chi connectivity index (χ2n) is 4.34. The molecule has 5 heteroatoms. The molecule has 0 saturated heterocycles. The smallest absolute Gasteiger partial charge is 0.185 e. The topological polar surface area (TPSA) is 34.1 Å². The van der Waals surface area contributed by atoms with Crippen LogP contribution >= 0.6 is 0 Å². The Bertz CT molecular complexity index is 587. The second kappa shape index (κ2) is 5.93. The number of hydrogen-bond donors (Lipinski definition) is 1. The van der Waals surface area contributed by atoms with Gasteiger partial charge in [0.1, 0.15) is 5.52 Å². The predicted octanol–water partition coefficient (Wildman–Crippen LogP) is 3.27. The van der Waals surface area contributed by atoms with E-state index in [1.54, 1.807) is 20.1 Å². The highest BCUT2D eigenvalue weighted by molar-refractivity contribution is 5.91. The first-order valence-corrected chi connectivity index (χ1v) is 6.11. The molecule has 0 saturated carbocycles. The Balaban J connectivity index is 2.35. The number of fused-ring (bicyclic) bond motifs is 1. The lowest BCUT2D eigenvalue weighted by atomic mass is 10.1. The number of rotatable bonds is 5. The first kappa shape index (κ1) is 13.7. The van der Waals surface area contributed by atoms with Gasteiger partial charge in [0, 0.05) is 37.0 Å². The van der Waals surface area contributed by atoms with Crippen LogP contribution in [0, 0.1) is 18.6 Å². The van der Waals surface area contributed by atoms with E-state index >= 15 is 0 Å². The van der Waals surface area contributed by atoms with Gasteiger partial charge in [0.05, 0.1) is 0 Å². The first-order chi connectivity index (χ1) is 9.13. The number of aromatic nitrogens is 1. The van der Waals surface area contributed by atoms with Crippen molar-refractivity contribution in [1.82, 2.24) is 4.98 Å². The summed E-state index contributed by atoms with van der Waals surface area (Å²) in [6, 6.07) is 4.49. The van der Waals surface area contributed by atoms with E-state index in [1.807, 2.05) is 6.07 Å². The Morgan fingerprint density at radius 1 is 1.32 bits per heavy atom. The highest BCUT2D eigenvalue weighted by Crippen LogP contribution is 2.26. The number of hydrogen-bond acceptors (Lipinski definition) is 3. The summed E-state index contributed by atoms with van der Waals surface area (Å²) < 4.78 is 31.9. The van der Waals surface area contributed by atoms with Gasteiger partial charge >= 0.3 is 0 Å². The molecule has 1 heterocycles. The lowest BCUT2D eigenvalue weighted by Crippen LogP contribution is -2.06. The zero-order chi connectivity index (χ0) is 13.8. The third-order valence-electron chi connectivity index (χ3n) is 2.84. The fourth-order valence-electron chi connectivity index (χ4n) is 1.95. The van der Waals surface area contributed by atoms with E-state index in [9.17, 15) is 8.78 Å². The Kier molecular flexibility index (Phi) is 4.27. The molecule has 0 spiro atoms. The molecule has 0 fully saturated rings. The molecule has 1 aromatic carbocycles. The molecule has 0 radical (unpaired) electrons. The van der Waals surface area contributed by atoms with Crippen molar-refractivity contribution in [3.63, 3.8) is 0 Å². The van der Waals surface area contributed by atoms with E-state index in [-0.39, 0.29) is 5.52 Å². The molecule has 2 aromatic rings. The van der Waals surface area contributed by atoms with Gasteiger partial charge in [-0.25, -0.2) is 13.8 Å². The number of anilines is 1. The average molecular weight is 266 g/mol. The molecule has 0 amide bonds. The van der Waals surface area contributed by atoms with Crippen molar-refractivity contribution in [2.45, 2.75) is 13.3 Å². The van der Waals surface area contributed by atoms with Gasteiger partial charge in [-0.05, 0) is 31.5 Å². The molecule has 0 atom stereocenters. The van der Waals surface area contributed by atoms with Gasteiger partial charge in [-0.15, -0.1) is 0 Å². The summed E-state index contributed by atoms with van der Waals surface area (Å²) in [6.07, 6.45) is 0.836. The van der Waals surface area contributed by atoms with Crippen molar-refractivity contribution in [2.75, 3.05) is 25.6 Å². The maximum atomic E-state index is 13.7. The largest absolute Gasteiger partial charge is 0.385 e. The van der Waals surface area contributed by atoms with E-state index in [4.69, 9.17) is 4.74 Å². The second-order valence-corrected chi connectivity index (χ2v) is 4.34. The minimum atomic E-state index is -0.902. The van der Waals surface area contributed by atoms with Crippen LogP contribution in [0.4, 0.5) is 14.5 Å². The van der Waals surface area contributed by atoms with E-state index in [1.165, 1.54) is 0 Å². The monoisotopic (exact) mass is 266 g/mol. The Labute approximate surface area is 110 Å². The summed E-state index contributed by atoms with van der Waals surface area (Å²) in [6.45, 7) is 3.10. The lowest BCUT2D eigenvalue weighted by Gasteiger charge is -2.11. The third-order valence-corrected chi connectivity index (χ3v) is 2.84. The molecule has 2 rings (SSSR count). The number of nitrogens with zero attached hydrogens (tertiary/aromatic N) is 1. The van der Waals surface area contributed by atoms with Crippen molar-refractivity contribution in [1.29, 1.82) is 0 Å². The van der Waals surface area contributed by atoms with Gasteiger partial charge in [0.2, 0.25) is 0 Å². The van der Waals surface area contributed by atoms with Gasteiger partial charge in [-0.1, -0.05) is 0 Å². The molecule has 1 aromatic heterocycles. The van der Waals surface area contributed by atoms with Crippen LogP contribution in [0.1, 0.15) is 12.1 Å². The lowest BCUT2D eigenvalue weighted by molar-refractivity contribution is 0.198. The average Bonchev–Trinajstić information content (AvgIpc) is 2.39. The predicted molar refractivity (Wildman–Crippen MR) is 71.4 cm³/mol. The van der Waals surface area contributed by atoms with Crippen molar-refractivity contribution < 1.29 is 13.5 Å². The fourth-order valence-corrected chi connectivity index (χ4v) is 1.95. The number of halogens is 2. The fraction of sp³-hybridized carbons (Fsp3) is 0.357. The molecule has 0 aliphatic heterocycles.